The molecule has 0 unspecified atom stereocenters. The summed E-state index contributed by atoms with van der Waals surface area (Å²) < 4.78 is 50.2. The van der Waals surface area contributed by atoms with Gasteiger partial charge in [-0.25, -0.2) is 13.6 Å². The highest BCUT2D eigenvalue weighted by Gasteiger charge is 2.28. The summed E-state index contributed by atoms with van der Waals surface area (Å²) in [7, 11) is 4.24. The topological polar surface area (TPSA) is 109 Å². The Bertz CT molecular complexity index is 1530. The molecule has 0 radical (unpaired) electrons. The van der Waals surface area contributed by atoms with Crippen LogP contribution in [0.25, 0.3) is 22.0 Å². The summed E-state index contributed by atoms with van der Waals surface area (Å²) in [6, 6.07) is 8.92. The Morgan fingerprint density at radius 2 is 1.66 bits per heavy atom. The number of carbonyl (C=O) groups excluding carboxylic acids is 2. The van der Waals surface area contributed by atoms with E-state index in [4.69, 9.17) is 18.9 Å². The lowest BCUT2D eigenvalue weighted by molar-refractivity contribution is -0.142. The van der Waals surface area contributed by atoms with Gasteiger partial charge >= 0.3 is 5.97 Å². The molecule has 0 fully saturated rings. The molecule has 41 heavy (non-hydrogen) atoms. The number of methoxy groups -OCH3 is 3. The van der Waals surface area contributed by atoms with Gasteiger partial charge < -0.3 is 24.3 Å². The molecule has 1 atom stereocenters. The highest BCUT2D eigenvalue weighted by molar-refractivity contribution is 5.99. The fourth-order valence-corrected chi connectivity index (χ4v) is 4.48. The minimum absolute atomic E-state index is 0.140. The minimum atomic E-state index is -1.30. The first-order chi connectivity index (χ1) is 19.8. The molecule has 0 aliphatic heterocycles. The third-order valence-electron chi connectivity index (χ3n) is 6.41. The molecule has 0 spiro atoms. The molecule has 4 aromatic rings. The number of halogens is 2. The zero-order valence-corrected chi connectivity index (χ0v) is 23.0. The number of fused-ring (bicyclic) bond motifs is 1. The highest BCUT2D eigenvalue weighted by atomic mass is 19.1. The van der Waals surface area contributed by atoms with E-state index in [0.29, 0.717) is 52.4 Å². The Labute approximate surface area is 235 Å². The Balaban J connectivity index is 1.76. The Morgan fingerprint density at radius 3 is 2.27 bits per heavy atom. The predicted molar refractivity (Wildman–Crippen MR) is 147 cm³/mol. The van der Waals surface area contributed by atoms with E-state index >= 15 is 0 Å². The third-order valence-corrected chi connectivity index (χ3v) is 6.41. The maximum Gasteiger partial charge on any atom is 0.328 e. The number of ether oxygens (including phenoxy) is 4. The number of aromatic nitrogens is 2. The molecule has 2 aromatic carbocycles. The highest BCUT2D eigenvalue weighted by Crippen LogP contribution is 2.42. The van der Waals surface area contributed by atoms with Gasteiger partial charge in [0.15, 0.2) is 0 Å². The second-order valence-corrected chi connectivity index (χ2v) is 8.88. The second-order valence-electron chi connectivity index (χ2n) is 8.88. The van der Waals surface area contributed by atoms with Gasteiger partial charge in [-0.1, -0.05) is 6.07 Å². The Morgan fingerprint density at radius 1 is 0.976 bits per heavy atom. The van der Waals surface area contributed by atoms with Crippen molar-refractivity contribution in [2.75, 3.05) is 27.9 Å². The number of pyridine rings is 2. The molecule has 1 N–H and O–H groups in total. The molecular weight excluding hydrogens is 536 g/mol. The van der Waals surface area contributed by atoms with Gasteiger partial charge in [-0.3, -0.25) is 14.8 Å². The molecule has 0 aliphatic rings. The molecule has 0 bridgehead atoms. The lowest BCUT2D eigenvalue weighted by atomic mass is 9.98. The molecule has 11 heteroatoms. The predicted octanol–water partition coefficient (Wildman–Crippen LogP) is 4.64. The average molecular weight is 566 g/mol. The molecule has 0 saturated heterocycles. The molecule has 0 aliphatic carbocycles. The van der Waals surface area contributed by atoms with Crippen molar-refractivity contribution in [2.45, 2.75) is 26.0 Å². The summed E-state index contributed by atoms with van der Waals surface area (Å²) in [5.41, 5.74) is 2.20. The summed E-state index contributed by atoms with van der Waals surface area (Å²) >= 11 is 0. The summed E-state index contributed by atoms with van der Waals surface area (Å²) in [6.07, 6.45) is 3.04. The number of hydrogen-bond donors (Lipinski definition) is 1. The van der Waals surface area contributed by atoms with Crippen LogP contribution < -0.4 is 14.8 Å². The molecule has 0 saturated carbocycles. The van der Waals surface area contributed by atoms with E-state index in [2.05, 4.69) is 15.3 Å². The van der Waals surface area contributed by atoms with Gasteiger partial charge in [0.2, 0.25) is 0 Å². The number of esters is 1. The van der Waals surface area contributed by atoms with Crippen molar-refractivity contribution < 1.29 is 37.3 Å². The van der Waals surface area contributed by atoms with E-state index in [1.165, 1.54) is 0 Å². The SMILES string of the molecule is CCOCc1cc(OC)c(-c2cnc(C[C@H](NC(=O)c3c(F)cccc3F)C(=O)OC)c3cccnc23)c(OC)c1. The molecule has 4 rings (SSSR count). The van der Waals surface area contributed by atoms with Gasteiger partial charge in [-0.05, 0) is 48.9 Å². The van der Waals surface area contributed by atoms with Crippen molar-refractivity contribution in [1.82, 2.24) is 15.3 Å². The lowest BCUT2D eigenvalue weighted by Crippen LogP contribution is -2.43. The van der Waals surface area contributed by atoms with Crippen LogP contribution in [0.5, 0.6) is 11.5 Å². The second kappa shape index (κ2) is 13.1. The molecule has 2 aromatic heterocycles. The lowest BCUT2D eigenvalue weighted by Gasteiger charge is -2.19. The quantitative estimate of drug-likeness (QED) is 0.262. The van der Waals surface area contributed by atoms with Gasteiger partial charge in [-0.15, -0.1) is 0 Å². The van der Waals surface area contributed by atoms with Crippen LogP contribution in [0, 0.1) is 11.6 Å². The van der Waals surface area contributed by atoms with Crippen molar-refractivity contribution in [1.29, 1.82) is 0 Å². The van der Waals surface area contributed by atoms with Gasteiger partial charge in [0, 0.05) is 36.4 Å². The fraction of sp³-hybridized carbons (Fsp3) is 0.267. The largest absolute Gasteiger partial charge is 0.496 e. The summed E-state index contributed by atoms with van der Waals surface area (Å²) in [4.78, 5) is 34.6. The average Bonchev–Trinajstić information content (AvgIpc) is 2.98. The number of rotatable bonds is 11. The van der Waals surface area contributed by atoms with Crippen LogP contribution in [0.1, 0.15) is 28.5 Å². The molecule has 1 amide bonds. The van der Waals surface area contributed by atoms with E-state index < -0.39 is 35.1 Å². The number of carbonyl (C=O) groups is 2. The van der Waals surface area contributed by atoms with Crippen LogP contribution in [0.2, 0.25) is 0 Å². The first-order valence-corrected chi connectivity index (χ1v) is 12.7. The van der Waals surface area contributed by atoms with Gasteiger partial charge in [0.05, 0.1) is 44.7 Å². The summed E-state index contributed by atoms with van der Waals surface area (Å²) in [5, 5.41) is 2.96. The van der Waals surface area contributed by atoms with Crippen LogP contribution in [-0.4, -0.2) is 55.8 Å². The van der Waals surface area contributed by atoms with E-state index in [9.17, 15) is 18.4 Å². The van der Waals surface area contributed by atoms with Gasteiger partial charge in [0.25, 0.3) is 5.91 Å². The van der Waals surface area contributed by atoms with E-state index in [1.807, 2.05) is 19.1 Å². The molecule has 9 nitrogen and oxygen atoms in total. The third kappa shape index (κ3) is 6.25. The monoisotopic (exact) mass is 565 g/mol. The normalized spacial score (nSPS) is 11.7. The summed E-state index contributed by atoms with van der Waals surface area (Å²) in [6.45, 7) is 2.83. The van der Waals surface area contributed by atoms with Crippen LogP contribution in [0.15, 0.2) is 54.9 Å². The molecule has 2 heterocycles. The van der Waals surface area contributed by atoms with Crippen molar-refractivity contribution >= 4 is 22.8 Å². The number of hydrogen-bond acceptors (Lipinski definition) is 8. The van der Waals surface area contributed by atoms with Crippen molar-refractivity contribution in [3.63, 3.8) is 0 Å². The number of benzene rings is 2. The Kier molecular flexibility index (Phi) is 9.41. The zero-order chi connectivity index (χ0) is 29.5. The van der Waals surface area contributed by atoms with Crippen LogP contribution in [-0.2, 0) is 27.3 Å². The zero-order valence-electron chi connectivity index (χ0n) is 23.0. The van der Waals surface area contributed by atoms with E-state index in [0.717, 1.165) is 30.9 Å². The van der Waals surface area contributed by atoms with Crippen molar-refractivity contribution in [3.05, 3.63) is 83.3 Å². The van der Waals surface area contributed by atoms with Crippen molar-refractivity contribution in [2.24, 2.45) is 0 Å². The molecular formula is C30H29F2N3O6. The first-order valence-electron chi connectivity index (χ1n) is 12.7. The summed E-state index contributed by atoms with van der Waals surface area (Å²) in [5.74, 6) is -2.99. The number of nitrogens with one attached hydrogen (secondary N) is 1. The minimum Gasteiger partial charge on any atom is -0.496 e. The maximum atomic E-state index is 14.2. The standard InChI is InChI=1S/C30H29F2N3O6/c1-5-41-16-17-12-24(38-2)26(25(13-17)39-3)19-15-34-22(18-8-7-11-33-28(18)19)14-23(30(37)40-4)35-29(36)27-20(31)9-6-10-21(27)32/h6-13,15,23H,5,14,16H2,1-4H3,(H,35,36)/t23-/m0/s1. The van der Waals surface area contributed by atoms with Gasteiger partial charge in [-0.2, -0.15) is 0 Å². The van der Waals surface area contributed by atoms with Crippen molar-refractivity contribution in [3.8, 4) is 22.6 Å². The van der Waals surface area contributed by atoms with Gasteiger partial charge in [0.1, 0.15) is 34.7 Å². The van der Waals surface area contributed by atoms with Crippen LogP contribution >= 0.6 is 0 Å². The molecule has 214 valence electrons. The van der Waals surface area contributed by atoms with E-state index in [-0.39, 0.29) is 6.42 Å². The number of amides is 1. The maximum absolute atomic E-state index is 14.2. The number of nitrogens with zero attached hydrogens (tertiary/aromatic N) is 2. The fourth-order valence-electron chi connectivity index (χ4n) is 4.48. The van der Waals surface area contributed by atoms with Crippen LogP contribution in [0.3, 0.4) is 0 Å². The Hall–Kier alpha value is -4.64. The smallest absolute Gasteiger partial charge is 0.328 e. The first kappa shape index (κ1) is 29.3. The van der Waals surface area contributed by atoms with E-state index in [1.54, 1.807) is 38.7 Å². The van der Waals surface area contributed by atoms with Crippen LogP contribution in [0.4, 0.5) is 8.78 Å².